The van der Waals surface area contributed by atoms with Crippen molar-refractivity contribution in [3.05, 3.63) is 29.0 Å². The molecule has 0 amide bonds. The van der Waals surface area contributed by atoms with Crippen molar-refractivity contribution in [1.82, 2.24) is 9.62 Å². The van der Waals surface area contributed by atoms with Crippen LogP contribution >= 0.6 is 11.6 Å². The highest BCUT2D eigenvalue weighted by Crippen LogP contribution is 2.23. The van der Waals surface area contributed by atoms with Gasteiger partial charge in [0.25, 0.3) is 0 Å². The molecule has 1 aliphatic heterocycles. The monoisotopic (exact) mass is 335 g/mol. The van der Waals surface area contributed by atoms with Crippen LogP contribution < -0.4 is 10.0 Å². The van der Waals surface area contributed by atoms with E-state index in [0.29, 0.717) is 19.0 Å². The smallest absolute Gasteiger partial charge is 0.301 e. The van der Waals surface area contributed by atoms with Crippen LogP contribution in [0.2, 0.25) is 5.02 Å². The number of nitrogens with one attached hydrogen (secondary N) is 2. The standard InChI is InChI=1S/C13H19ClFN3O2S/c1-16-9-10-4-6-18(7-5-10)21(19,20)17-11-2-3-13(15)12(14)8-11/h2-3,8,10,16-17H,4-7,9H2,1H3. The summed E-state index contributed by atoms with van der Waals surface area (Å²) in [5, 5.41) is 3.00. The lowest BCUT2D eigenvalue weighted by atomic mass is 9.98. The van der Waals surface area contributed by atoms with Gasteiger partial charge in [0.15, 0.2) is 0 Å². The molecule has 0 aromatic heterocycles. The van der Waals surface area contributed by atoms with Crippen LogP contribution in [-0.4, -0.2) is 39.4 Å². The van der Waals surface area contributed by atoms with Gasteiger partial charge in [-0.2, -0.15) is 12.7 Å². The Balaban J connectivity index is 2.00. The zero-order valence-corrected chi connectivity index (χ0v) is 13.3. The van der Waals surface area contributed by atoms with Gasteiger partial charge in [-0.15, -0.1) is 0 Å². The fourth-order valence-electron chi connectivity index (χ4n) is 2.42. The van der Waals surface area contributed by atoms with E-state index in [9.17, 15) is 12.8 Å². The maximum Gasteiger partial charge on any atom is 0.301 e. The summed E-state index contributed by atoms with van der Waals surface area (Å²) in [6, 6.07) is 3.76. The lowest BCUT2D eigenvalue weighted by Gasteiger charge is -2.31. The fraction of sp³-hybridized carbons (Fsp3) is 0.538. The Kier molecular flexibility index (Phi) is 5.43. The number of hydrogen-bond donors (Lipinski definition) is 2. The van der Waals surface area contributed by atoms with Crippen LogP contribution in [0.15, 0.2) is 18.2 Å². The number of nitrogens with zero attached hydrogens (tertiary/aromatic N) is 1. The van der Waals surface area contributed by atoms with Gasteiger partial charge in [-0.3, -0.25) is 4.72 Å². The van der Waals surface area contributed by atoms with Gasteiger partial charge in [-0.1, -0.05) is 11.6 Å². The Bertz CT molecular complexity index is 589. The van der Waals surface area contributed by atoms with Crippen molar-refractivity contribution in [2.45, 2.75) is 12.8 Å². The van der Waals surface area contributed by atoms with Gasteiger partial charge in [0.2, 0.25) is 0 Å². The molecule has 21 heavy (non-hydrogen) atoms. The van der Waals surface area contributed by atoms with Crippen LogP contribution in [0.4, 0.5) is 10.1 Å². The summed E-state index contributed by atoms with van der Waals surface area (Å²) in [4.78, 5) is 0. The molecule has 0 unspecified atom stereocenters. The van der Waals surface area contributed by atoms with E-state index in [0.717, 1.165) is 25.5 Å². The van der Waals surface area contributed by atoms with E-state index in [1.807, 2.05) is 7.05 Å². The molecule has 118 valence electrons. The lowest BCUT2D eigenvalue weighted by Crippen LogP contribution is -2.43. The van der Waals surface area contributed by atoms with Crippen LogP contribution in [0.25, 0.3) is 0 Å². The third-order valence-corrected chi connectivity index (χ3v) is 5.40. The lowest BCUT2D eigenvalue weighted by molar-refractivity contribution is 0.272. The quantitative estimate of drug-likeness (QED) is 0.866. The van der Waals surface area contributed by atoms with E-state index in [4.69, 9.17) is 11.6 Å². The van der Waals surface area contributed by atoms with Crippen LogP contribution in [0.5, 0.6) is 0 Å². The number of anilines is 1. The summed E-state index contributed by atoms with van der Waals surface area (Å²) in [5.41, 5.74) is 0.263. The molecule has 2 rings (SSSR count). The summed E-state index contributed by atoms with van der Waals surface area (Å²) < 4.78 is 41.5. The largest absolute Gasteiger partial charge is 0.319 e. The van der Waals surface area contributed by atoms with Gasteiger partial charge in [-0.05, 0) is 50.6 Å². The molecule has 0 spiro atoms. The van der Waals surface area contributed by atoms with Crippen molar-refractivity contribution in [1.29, 1.82) is 0 Å². The molecule has 0 aliphatic carbocycles. The SMILES string of the molecule is CNCC1CCN(S(=O)(=O)Nc2ccc(F)c(Cl)c2)CC1. The van der Waals surface area contributed by atoms with E-state index < -0.39 is 16.0 Å². The molecule has 5 nitrogen and oxygen atoms in total. The minimum Gasteiger partial charge on any atom is -0.319 e. The van der Waals surface area contributed by atoms with Crippen LogP contribution in [0.1, 0.15) is 12.8 Å². The van der Waals surface area contributed by atoms with E-state index in [2.05, 4.69) is 10.0 Å². The Morgan fingerprint density at radius 1 is 1.38 bits per heavy atom. The molecule has 1 saturated heterocycles. The first kappa shape index (κ1) is 16.5. The molecule has 1 heterocycles. The second-order valence-corrected chi connectivity index (χ2v) is 7.21. The van der Waals surface area contributed by atoms with Crippen molar-refractivity contribution < 1.29 is 12.8 Å². The summed E-state index contributed by atoms with van der Waals surface area (Å²) in [6.07, 6.45) is 1.65. The van der Waals surface area contributed by atoms with E-state index in [1.54, 1.807) is 0 Å². The van der Waals surface area contributed by atoms with Gasteiger partial charge in [0.1, 0.15) is 5.82 Å². The number of hydrogen-bond acceptors (Lipinski definition) is 3. The number of piperidine rings is 1. The number of rotatable bonds is 5. The fourth-order valence-corrected chi connectivity index (χ4v) is 3.84. The Hall–Kier alpha value is -0.890. The second kappa shape index (κ2) is 6.91. The maximum atomic E-state index is 13.1. The molecule has 0 bridgehead atoms. The topological polar surface area (TPSA) is 61.4 Å². The predicted molar refractivity (Wildman–Crippen MR) is 82.2 cm³/mol. The highest BCUT2D eigenvalue weighted by atomic mass is 35.5. The van der Waals surface area contributed by atoms with Gasteiger partial charge >= 0.3 is 10.2 Å². The Morgan fingerprint density at radius 3 is 2.62 bits per heavy atom. The second-order valence-electron chi connectivity index (χ2n) is 5.14. The van der Waals surface area contributed by atoms with Gasteiger partial charge in [0.05, 0.1) is 10.7 Å². The molecule has 8 heteroatoms. The molecule has 1 aliphatic rings. The minimum absolute atomic E-state index is 0.108. The highest BCUT2D eigenvalue weighted by Gasteiger charge is 2.27. The van der Waals surface area contributed by atoms with Gasteiger partial charge in [0, 0.05) is 13.1 Å². The first-order chi connectivity index (χ1) is 9.92. The molecule has 1 aromatic rings. The van der Waals surface area contributed by atoms with Gasteiger partial charge < -0.3 is 5.32 Å². The molecule has 0 atom stereocenters. The third-order valence-electron chi connectivity index (χ3n) is 3.57. The molecular weight excluding hydrogens is 317 g/mol. The molecular formula is C13H19ClFN3O2S. The molecule has 1 fully saturated rings. The Morgan fingerprint density at radius 2 is 2.05 bits per heavy atom. The van der Waals surface area contributed by atoms with Crippen LogP contribution in [0, 0.1) is 11.7 Å². The number of halogens is 2. The molecule has 2 N–H and O–H groups in total. The van der Waals surface area contributed by atoms with Crippen molar-refractivity contribution >= 4 is 27.5 Å². The first-order valence-electron chi connectivity index (χ1n) is 6.80. The van der Waals surface area contributed by atoms with E-state index in [1.165, 1.54) is 16.4 Å². The van der Waals surface area contributed by atoms with Crippen molar-refractivity contribution in [3.63, 3.8) is 0 Å². The van der Waals surface area contributed by atoms with E-state index in [-0.39, 0.29) is 10.7 Å². The zero-order chi connectivity index (χ0) is 15.5. The van der Waals surface area contributed by atoms with E-state index >= 15 is 0 Å². The molecule has 0 saturated carbocycles. The summed E-state index contributed by atoms with van der Waals surface area (Å²) >= 11 is 5.65. The van der Waals surface area contributed by atoms with Crippen LogP contribution in [0.3, 0.4) is 0 Å². The summed E-state index contributed by atoms with van der Waals surface area (Å²) in [5.74, 6) is -0.0748. The minimum atomic E-state index is -3.62. The number of benzene rings is 1. The Labute approximate surface area is 129 Å². The highest BCUT2D eigenvalue weighted by molar-refractivity contribution is 7.90. The average Bonchev–Trinajstić information content (AvgIpc) is 2.44. The maximum absolute atomic E-state index is 13.1. The average molecular weight is 336 g/mol. The molecule has 0 radical (unpaired) electrons. The van der Waals surface area contributed by atoms with Crippen molar-refractivity contribution in [2.24, 2.45) is 5.92 Å². The predicted octanol–water partition coefficient (Wildman–Crippen LogP) is 2.07. The van der Waals surface area contributed by atoms with Crippen molar-refractivity contribution in [3.8, 4) is 0 Å². The van der Waals surface area contributed by atoms with Gasteiger partial charge in [-0.25, -0.2) is 4.39 Å². The third kappa shape index (κ3) is 4.29. The normalized spacial score (nSPS) is 17.9. The first-order valence-corrected chi connectivity index (χ1v) is 8.61. The molecule has 1 aromatic carbocycles. The van der Waals surface area contributed by atoms with Crippen LogP contribution in [-0.2, 0) is 10.2 Å². The summed E-state index contributed by atoms with van der Waals surface area (Å²) in [7, 11) is -1.73. The zero-order valence-electron chi connectivity index (χ0n) is 11.8. The van der Waals surface area contributed by atoms with Crippen molar-refractivity contribution in [2.75, 3.05) is 31.4 Å². The summed E-state index contributed by atoms with van der Waals surface area (Å²) in [6.45, 7) is 1.86.